The summed E-state index contributed by atoms with van der Waals surface area (Å²) in [5.41, 5.74) is 12.0. The smallest absolute Gasteiger partial charge is 0.0702 e. The summed E-state index contributed by atoms with van der Waals surface area (Å²) in [5.74, 6) is 1.57. The predicted molar refractivity (Wildman–Crippen MR) is 184 cm³/mol. The molecule has 4 aromatic carbocycles. The Kier molecular flexibility index (Phi) is 10.7. The normalized spacial score (nSPS) is 12.7. The maximum atomic E-state index is 5.50. The number of nitrogens with zero attached hydrogens (tertiary/aromatic N) is 2. The third-order valence-corrected chi connectivity index (χ3v) is 7.99. The lowest BCUT2D eigenvalue weighted by Crippen LogP contribution is -2.09. The summed E-state index contributed by atoms with van der Waals surface area (Å²) >= 11 is 0. The van der Waals surface area contributed by atoms with Crippen molar-refractivity contribution in [2.45, 2.75) is 91.9 Å². The highest BCUT2D eigenvalue weighted by Crippen LogP contribution is 2.37. The van der Waals surface area contributed by atoms with E-state index in [9.17, 15) is 0 Å². The van der Waals surface area contributed by atoms with E-state index < -0.39 is 0 Å². The van der Waals surface area contributed by atoms with E-state index in [1.807, 2.05) is 0 Å². The summed E-state index contributed by atoms with van der Waals surface area (Å²) in [6.07, 6.45) is 1.59. The third kappa shape index (κ3) is 7.53. The Balaban J connectivity index is 1.87. The molecule has 0 aromatic heterocycles. The van der Waals surface area contributed by atoms with Crippen LogP contribution in [0.3, 0.4) is 0 Å². The van der Waals surface area contributed by atoms with Crippen molar-refractivity contribution in [3.8, 4) is 0 Å². The molecule has 4 rings (SSSR count). The van der Waals surface area contributed by atoms with Gasteiger partial charge in [0.1, 0.15) is 0 Å². The van der Waals surface area contributed by atoms with Crippen molar-refractivity contribution in [3.05, 3.63) is 130 Å². The van der Waals surface area contributed by atoms with Crippen LogP contribution in [0.15, 0.2) is 107 Å². The lowest BCUT2D eigenvalue weighted by molar-refractivity contribution is 0.833. The Morgan fingerprint density at radius 2 is 0.690 bits per heavy atom. The minimum Gasteiger partial charge on any atom is -0.252 e. The zero-order valence-corrected chi connectivity index (χ0v) is 26.9. The average Bonchev–Trinajstić information content (AvgIpc) is 2.98. The van der Waals surface area contributed by atoms with Crippen LogP contribution in [0.25, 0.3) is 0 Å². The van der Waals surface area contributed by atoms with E-state index in [1.165, 1.54) is 33.4 Å². The van der Waals surface area contributed by atoms with Gasteiger partial charge in [-0.15, -0.1) is 0 Å². The van der Waals surface area contributed by atoms with Gasteiger partial charge in [0, 0.05) is 11.4 Å². The minimum absolute atomic E-state index is 0.392. The quantitative estimate of drug-likeness (QED) is 0.164. The van der Waals surface area contributed by atoms with Gasteiger partial charge < -0.3 is 0 Å². The molecule has 0 amide bonds. The molecule has 2 heteroatoms. The van der Waals surface area contributed by atoms with Crippen molar-refractivity contribution in [1.29, 1.82) is 0 Å². The molecular formula is C40H48N2. The zero-order chi connectivity index (χ0) is 30.2. The van der Waals surface area contributed by atoms with E-state index in [4.69, 9.17) is 9.98 Å². The van der Waals surface area contributed by atoms with Crippen LogP contribution in [0, 0.1) is 0 Å². The van der Waals surface area contributed by atoms with Crippen molar-refractivity contribution in [1.82, 2.24) is 0 Å². The van der Waals surface area contributed by atoms with Crippen LogP contribution in [0.5, 0.6) is 0 Å². The van der Waals surface area contributed by atoms with Crippen LogP contribution in [0.1, 0.15) is 125 Å². The molecule has 0 N–H and O–H groups in total. The molecule has 4 aromatic rings. The maximum absolute atomic E-state index is 5.50. The van der Waals surface area contributed by atoms with Gasteiger partial charge in [-0.25, -0.2) is 0 Å². The second-order valence-corrected chi connectivity index (χ2v) is 12.5. The molecule has 0 saturated heterocycles. The predicted octanol–water partition coefficient (Wildman–Crippen LogP) is 11.9. The van der Waals surface area contributed by atoms with E-state index in [0.29, 0.717) is 23.7 Å². The molecule has 0 bridgehead atoms. The summed E-state index contributed by atoms with van der Waals surface area (Å²) in [4.78, 5) is 11.0. The fourth-order valence-electron chi connectivity index (χ4n) is 5.58. The van der Waals surface area contributed by atoms with Gasteiger partial charge in [0.25, 0.3) is 0 Å². The summed E-state index contributed by atoms with van der Waals surface area (Å²) < 4.78 is 0. The fourth-order valence-corrected chi connectivity index (χ4v) is 5.58. The van der Waals surface area contributed by atoms with Crippen molar-refractivity contribution < 1.29 is 0 Å². The Hall–Kier alpha value is -3.78. The molecule has 218 valence electrons. The second-order valence-electron chi connectivity index (χ2n) is 12.5. The van der Waals surface area contributed by atoms with Gasteiger partial charge >= 0.3 is 0 Å². The molecule has 0 spiro atoms. The van der Waals surface area contributed by atoms with Crippen molar-refractivity contribution in [2.24, 2.45) is 9.98 Å². The van der Waals surface area contributed by atoms with Gasteiger partial charge in [-0.05, 0) is 69.9 Å². The summed E-state index contributed by atoms with van der Waals surface area (Å²) in [5, 5.41) is 0. The first-order chi connectivity index (χ1) is 20.2. The number of benzene rings is 4. The van der Waals surface area contributed by atoms with Gasteiger partial charge in [0.05, 0.1) is 11.4 Å². The van der Waals surface area contributed by atoms with Gasteiger partial charge in [-0.3, -0.25) is 9.98 Å². The monoisotopic (exact) mass is 556 g/mol. The van der Waals surface area contributed by atoms with E-state index in [1.54, 1.807) is 0 Å². The molecule has 0 aliphatic heterocycles. The average molecular weight is 557 g/mol. The highest BCUT2D eigenvalue weighted by Gasteiger charge is 2.18. The lowest BCUT2D eigenvalue weighted by Gasteiger charge is -2.19. The summed E-state index contributed by atoms with van der Waals surface area (Å²) in [6, 6.07) is 34.7. The largest absolute Gasteiger partial charge is 0.252 e. The Morgan fingerprint density at radius 3 is 0.952 bits per heavy atom. The molecule has 2 nitrogen and oxygen atoms in total. The number of rotatable bonds is 11. The Morgan fingerprint density at radius 1 is 0.405 bits per heavy atom. The molecular weight excluding hydrogens is 508 g/mol. The molecule has 42 heavy (non-hydrogen) atoms. The first kappa shape index (κ1) is 31.2. The maximum Gasteiger partial charge on any atom is 0.0702 e. The summed E-state index contributed by atoms with van der Waals surface area (Å²) in [7, 11) is 0. The molecule has 0 atom stereocenters. The highest BCUT2D eigenvalue weighted by molar-refractivity contribution is 6.08. The Bertz CT molecular complexity index is 1340. The van der Waals surface area contributed by atoms with Crippen LogP contribution < -0.4 is 0 Å². The molecule has 0 aliphatic rings. The minimum atomic E-state index is 0.392. The van der Waals surface area contributed by atoms with Crippen molar-refractivity contribution in [2.75, 3.05) is 0 Å². The van der Waals surface area contributed by atoms with Gasteiger partial charge in [0.15, 0.2) is 0 Å². The second kappa shape index (κ2) is 14.4. The number of aliphatic imine (C=N–C) groups is 2. The van der Waals surface area contributed by atoms with Gasteiger partial charge in [-0.2, -0.15) is 0 Å². The molecule has 0 fully saturated rings. The van der Waals surface area contributed by atoms with Crippen molar-refractivity contribution in [3.63, 3.8) is 0 Å². The SMILES string of the molecule is CC(C)c1cccc(C(C)C)c1N=C(CCC(=Nc1c(C(C)C)cccc1C(C)C)c1ccccc1)c1ccccc1. The molecule has 0 unspecified atom stereocenters. The van der Waals surface area contributed by atoms with E-state index in [-0.39, 0.29) is 0 Å². The zero-order valence-electron chi connectivity index (χ0n) is 26.9. The first-order valence-electron chi connectivity index (χ1n) is 15.7. The molecule has 0 saturated carbocycles. The highest BCUT2D eigenvalue weighted by atomic mass is 14.8. The molecule has 0 heterocycles. The number of para-hydroxylation sites is 2. The third-order valence-electron chi connectivity index (χ3n) is 7.99. The molecule has 0 radical (unpaired) electrons. The van der Waals surface area contributed by atoms with E-state index in [0.717, 1.165) is 35.6 Å². The Labute approximate surface area is 254 Å². The van der Waals surface area contributed by atoms with Crippen LogP contribution in [0.4, 0.5) is 11.4 Å². The van der Waals surface area contributed by atoms with Crippen molar-refractivity contribution >= 4 is 22.8 Å². The van der Waals surface area contributed by atoms with Gasteiger partial charge in [0.2, 0.25) is 0 Å². The van der Waals surface area contributed by atoms with Crippen LogP contribution >= 0.6 is 0 Å². The standard InChI is InChI=1S/C40H48N2/c1-27(2)33-21-15-22-34(28(3)4)39(33)41-37(31-17-11-9-12-18-31)25-26-38(32-19-13-10-14-20-32)42-40-35(29(5)6)23-16-24-36(40)30(7)8/h9-24,27-30H,25-26H2,1-8H3. The fraction of sp³-hybridized carbons (Fsp3) is 0.350. The van der Waals surface area contributed by atoms with E-state index in [2.05, 4.69) is 152 Å². The number of hydrogen-bond donors (Lipinski definition) is 0. The lowest BCUT2D eigenvalue weighted by atomic mass is 9.92. The summed E-state index contributed by atoms with van der Waals surface area (Å²) in [6.45, 7) is 18.1. The van der Waals surface area contributed by atoms with Gasteiger partial charge in [-0.1, -0.05) is 152 Å². The first-order valence-corrected chi connectivity index (χ1v) is 15.7. The number of hydrogen-bond acceptors (Lipinski definition) is 2. The molecule has 0 aliphatic carbocycles. The van der Waals surface area contributed by atoms with Crippen LogP contribution in [0.2, 0.25) is 0 Å². The van der Waals surface area contributed by atoms with E-state index >= 15 is 0 Å². The van der Waals surface area contributed by atoms with Crippen LogP contribution in [-0.2, 0) is 0 Å². The topological polar surface area (TPSA) is 24.7 Å². The van der Waals surface area contributed by atoms with Crippen LogP contribution in [-0.4, -0.2) is 11.4 Å².